The summed E-state index contributed by atoms with van der Waals surface area (Å²) in [4.78, 5) is 28.2. The van der Waals surface area contributed by atoms with Gasteiger partial charge < -0.3 is 20.0 Å². The first-order valence-electron chi connectivity index (χ1n) is 3.92. The number of rotatable bonds is 1. The van der Waals surface area contributed by atoms with Crippen LogP contribution in [0, 0.1) is 0 Å². The van der Waals surface area contributed by atoms with Crippen molar-refractivity contribution in [1.29, 1.82) is 0 Å². The number of nitrogens with zero attached hydrogens (tertiary/aromatic N) is 1. The fourth-order valence-electron chi connectivity index (χ4n) is 1.24. The molecule has 0 atom stereocenters. The fraction of sp³-hybridized carbons (Fsp3) is 0.429. The zero-order chi connectivity index (χ0) is 9.42. The number of β-amino-alcohol motifs (C(OH)–C–C–N with tert-alkyl or cyclic N) is 1. The summed E-state index contributed by atoms with van der Waals surface area (Å²) in [6, 6.07) is 0. The number of carbonyl (C=O) groups excluding carboxylic acids is 1. The highest BCUT2D eigenvalue weighted by molar-refractivity contribution is 5.92. The third-order valence-corrected chi connectivity index (χ3v) is 1.98. The van der Waals surface area contributed by atoms with Gasteiger partial charge in [0.25, 0.3) is 5.91 Å². The average Bonchev–Trinajstić information content (AvgIpc) is 2.45. The van der Waals surface area contributed by atoms with Gasteiger partial charge in [-0.15, -0.1) is 0 Å². The molecule has 3 N–H and O–H groups in total. The SMILES string of the molecule is O=C(c1c[nH]c(=O)[nH]1)N1CC(O)C1. The molecule has 0 bridgehead atoms. The number of hydrogen-bond acceptors (Lipinski definition) is 3. The van der Waals surface area contributed by atoms with Crippen LogP contribution in [0.5, 0.6) is 0 Å². The van der Waals surface area contributed by atoms with E-state index in [4.69, 9.17) is 5.11 Å². The minimum atomic E-state index is -0.422. The lowest BCUT2D eigenvalue weighted by Gasteiger charge is -2.35. The molecule has 1 amide bonds. The van der Waals surface area contributed by atoms with Crippen LogP contribution in [0.25, 0.3) is 0 Å². The molecule has 13 heavy (non-hydrogen) atoms. The second-order valence-electron chi connectivity index (χ2n) is 3.02. The standard InChI is InChI=1S/C7H9N3O3/c11-4-2-10(3-4)6(12)5-1-8-7(13)9-5/h1,4,11H,2-3H2,(H2,8,9,13). The molecule has 0 unspecified atom stereocenters. The first-order chi connectivity index (χ1) is 6.16. The van der Waals surface area contributed by atoms with E-state index in [2.05, 4.69) is 9.97 Å². The number of aliphatic hydroxyl groups is 1. The highest BCUT2D eigenvalue weighted by atomic mass is 16.3. The van der Waals surface area contributed by atoms with E-state index in [0.717, 1.165) is 0 Å². The Bertz CT molecular complexity index is 374. The van der Waals surface area contributed by atoms with E-state index in [9.17, 15) is 9.59 Å². The number of H-pyrrole nitrogens is 2. The van der Waals surface area contributed by atoms with Crippen molar-refractivity contribution in [2.24, 2.45) is 0 Å². The van der Waals surface area contributed by atoms with Crippen LogP contribution in [0.4, 0.5) is 0 Å². The molecule has 6 nitrogen and oxygen atoms in total. The van der Waals surface area contributed by atoms with E-state index in [1.807, 2.05) is 0 Å². The lowest BCUT2D eigenvalue weighted by Crippen LogP contribution is -2.53. The fourth-order valence-corrected chi connectivity index (χ4v) is 1.24. The normalized spacial score (nSPS) is 17.2. The Morgan fingerprint density at radius 3 is 2.77 bits per heavy atom. The monoisotopic (exact) mass is 183 g/mol. The summed E-state index contributed by atoms with van der Waals surface area (Å²) in [5.74, 6) is -0.261. The molecular formula is C7H9N3O3. The summed E-state index contributed by atoms with van der Waals surface area (Å²) in [6.07, 6.45) is 0.907. The lowest BCUT2D eigenvalue weighted by molar-refractivity contribution is 0.00553. The molecule has 0 radical (unpaired) electrons. The average molecular weight is 183 g/mol. The second-order valence-corrected chi connectivity index (χ2v) is 3.02. The van der Waals surface area contributed by atoms with Crippen LogP contribution in [-0.4, -0.2) is 45.1 Å². The maximum Gasteiger partial charge on any atom is 0.323 e. The molecule has 2 heterocycles. The summed E-state index contributed by atoms with van der Waals surface area (Å²) < 4.78 is 0. The molecule has 1 aromatic rings. The van der Waals surface area contributed by atoms with Gasteiger partial charge in [0.15, 0.2) is 0 Å². The third kappa shape index (κ3) is 1.35. The number of nitrogens with one attached hydrogen (secondary N) is 2. The number of likely N-dealkylation sites (tertiary alicyclic amines) is 1. The third-order valence-electron chi connectivity index (χ3n) is 1.98. The zero-order valence-corrected chi connectivity index (χ0v) is 6.78. The van der Waals surface area contributed by atoms with E-state index in [0.29, 0.717) is 13.1 Å². The van der Waals surface area contributed by atoms with Crippen molar-refractivity contribution in [3.63, 3.8) is 0 Å². The van der Waals surface area contributed by atoms with Crippen molar-refractivity contribution in [2.75, 3.05) is 13.1 Å². The first-order valence-corrected chi connectivity index (χ1v) is 3.92. The minimum absolute atomic E-state index is 0.233. The van der Waals surface area contributed by atoms with Crippen LogP contribution < -0.4 is 5.69 Å². The smallest absolute Gasteiger partial charge is 0.323 e. The van der Waals surface area contributed by atoms with Crippen molar-refractivity contribution >= 4 is 5.91 Å². The van der Waals surface area contributed by atoms with Crippen molar-refractivity contribution in [1.82, 2.24) is 14.9 Å². The largest absolute Gasteiger partial charge is 0.389 e. The van der Waals surface area contributed by atoms with Crippen LogP contribution in [0.2, 0.25) is 0 Å². The van der Waals surface area contributed by atoms with Gasteiger partial charge in [0.1, 0.15) is 5.69 Å². The number of aliphatic hydroxyl groups excluding tert-OH is 1. The molecule has 1 saturated heterocycles. The molecule has 1 aromatic heterocycles. The maximum atomic E-state index is 11.4. The van der Waals surface area contributed by atoms with Gasteiger partial charge in [-0.3, -0.25) is 4.79 Å². The van der Waals surface area contributed by atoms with E-state index in [-0.39, 0.29) is 11.6 Å². The summed E-state index contributed by atoms with van der Waals surface area (Å²) >= 11 is 0. The van der Waals surface area contributed by atoms with Gasteiger partial charge in [-0.25, -0.2) is 4.79 Å². The summed E-state index contributed by atoms with van der Waals surface area (Å²) in [5.41, 5.74) is -0.165. The number of hydrogen-bond donors (Lipinski definition) is 3. The van der Waals surface area contributed by atoms with Gasteiger partial charge in [-0.1, -0.05) is 0 Å². The molecule has 0 aromatic carbocycles. The number of carbonyl (C=O) groups is 1. The minimum Gasteiger partial charge on any atom is -0.389 e. The van der Waals surface area contributed by atoms with E-state index >= 15 is 0 Å². The van der Waals surface area contributed by atoms with E-state index in [1.54, 1.807) is 0 Å². The van der Waals surface area contributed by atoms with Crippen LogP contribution in [0.15, 0.2) is 11.0 Å². The quantitative estimate of drug-likeness (QED) is 0.496. The molecule has 1 aliphatic heterocycles. The Hall–Kier alpha value is -1.56. The Morgan fingerprint density at radius 1 is 1.62 bits per heavy atom. The number of aromatic nitrogens is 2. The topological polar surface area (TPSA) is 89.2 Å². The molecule has 2 rings (SSSR count). The van der Waals surface area contributed by atoms with Gasteiger partial charge >= 0.3 is 5.69 Å². The summed E-state index contributed by atoms with van der Waals surface area (Å²) in [7, 11) is 0. The Kier molecular flexibility index (Phi) is 1.70. The number of imidazole rings is 1. The van der Waals surface area contributed by atoms with Crippen LogP contribution >= 0.6 is 0 Å². The van der Waals surface area contributed by atoms with Crippen molar-refractivity contribution in [3.8, 4) is 0 Å². The lowest BCUT2D eigenvalue weighted by atomic mass is 10.1. The Balaban J connectivity index is 2.10. The summed E-state index contributed by atoms with van der Waals surface area (Å²) in [5, 5.41) is 8.95. The van der Waals surface area contributed by atoms with Gasteiger partial charge in [0.05, 0.1) is 6.10 Å². The Labute approximate surface area is 73.2 Å². The van der Waals surface area contributed by atoms with Gasteiger partial charge in [-0.05, 0) is 0 Å². The zero-order valence-electron chi connectivity index (χ0n) is 6.78. The maximum absolute atomic E-state index is 11.4. The van der Waals surface area contributed by atoms with Gasteiger partial charge in [-0.2, -0.15) is 0 Å². The number of aromatic amines is 2. The van der Waals surface area contributed by atoms with Crippen molar-refractivity contribution in [3.05, 3.63) is 22.4 Å². The van der Waals surface area contributed by atoms with Crippen LogP contribution in [-0.2, 0) is 0 Å². The molecule has 0 saturated carbocycles. The predicted molar refractivity (Wildman–Crippen MR) is 43.3 cm³/mol. The Morgan fingerprint density at radius 2 is 2.31 bits per heavy atom. The molecule has 1 fully saturated rings. The van der Waals surface area contributed by atoms with Crippen molar-refractivity contribution < 1.29 is 9.90 Å². The highest BCUT2D eigenvalue weighted by Crippen LogP contribution is 2.10. The molecule has 70 valence electrons. The molecule has 0 spiro atoms. The van der Waals surface area contributed by atoms with Crippen LogP contribution in [0.3, 0.4) is 0 Å². The van der Waals surface area contributed by atoms with E-state index < -0.39 is 11.8 Å². The van der Waals surface area contributed by atoms with Gasteiger partial charge in [0.2, 0.25) is 0 Å². The molecule has 1 aliphatic rings. The van der Waals surface area contributed by atoms with Crippen LogP contribution in [0.1, 0.15) is 10.5 Å². The molecular weight excluding hydrogens is 174 g/mol. The highest BCUT2D eigenvalue weighted by Gasteiger charge is 2.30. The molecule has 0 aliphatic carbocycles. The predicted octanol–water partition coefficient (Wildman–Crippen LogP) is -1.48. The number of amides is 1. The summed E-state index contributed by atoms with van der Waals surface area (Å²) in [6.45, 7) is 0.679. The van der Waals surface area contributed by atoms with E-state index in [1.165, 1.54) is 11.1 Å². The van der Waals surface area contributed by atoms with Gasteiger partial charge in [0, 0.05) is 19.3 Å². The van der Waals surface area contributed by atoms with Crippen molar-refractivity contribution in [2.45, 2.75) is 6.10 Å². The first kappa shape index (κ1) is 8.06. The second kappa shape index (κ2) is 2.74. The molecule has 6 heteroatoms.